The summed E-state index contributed by atoms with van der Waals surface area (Å²) in [5.74, 6) is 0.475. The van der Waals surface area contributed by atoms with Crippen molar-refractivity contribution in [2.24, 2.45) is 0 Å². The first kappa shape index (κ1) is 11.7. The predicted molar refractivity (Wildman–Crippen MR) is 57.6 cm³/mol. The van der Waals surface area contributed by atoms with E-state index in [0.717, 1.165) is 12.8 Å². The highest BCUT2D eigenvalue weighted by molar-refractivity contribution is 5.15. The van der Waals surface area contributed by atoms with Crippen LogP contribution in [-0.2, 0) is 0 Å². The third-order valence-electron chi connectivity index (χ3n) is 2.10. The molecule has 1 heterocycles. The van der Waals surface area contributed by atoms with Crippen LogP contribution in [0, 0.1) is 0 Å². The number of ether oxygens (including phenoxy) is 1. The summed E-state index contributed by atoms with van der Waals surface area (Å²) < 4.78 is 4.95. The van der Waals surface area contributed by atoms with E-state index >= 15 is 0 Å². The first-order chi connectivity index (χ1) is 7.27. The molecule has 1 atom stereocenters. The lowest BCUT2D eigenvalue weighted by atomic mass is 10.1. The summed E-state index contributed by atoms with van der Waals surface area (Å²) in [7, 11) is 1.54. The Kier molecular flexibility index (Phi) is 4.77. The molecule has 0 fully saturated rings. The predicted octanol–water partition coefficient (Wildman–Crippen LogP) is 1.87. The molecule has 1 aromatic rings. The second-order valence-corrected chi connectivity index (χ2v) is 3.22. The maximum Gasteiger partial charge on any atom is 0.216 e. The first-order valence-corrected chi connectivity index (χ1v) is 4.92. The number of hydrogen-bond donors (Lipinski definition) is 1. The number of unbranched alkanes of at least 4 members (excludes halogenated alkanes) is 1. The van der Waals surface area contributed by atoms with Gasteiger partial charge in [-0.2, -0.15) is 0 Å². The van der Waals surface area contributed by atoms with E-state index in [2.05, 4.69) is 16.5 Å². The molecule has 0 aliphatic rings. The fourth-order valence-electron chi connectivity index (χ4n) is 1.25. The average molecular weight is 208 g/mol. The van der Waals surface area contributed by atoms with Crippen molar-refractivity contribution in [3.63, 3.8) is 0 Å². The van der Waals surface area contributed by atoms with E-state index in [1.807, 2.05) is 6.08 Å². The van der Waals surface area contributed by atoms with Crippen LogP contribution in [0.2, 0.25) is 0 Å². The average Bonchev–Trinajstić information content (AvgIpc) is 2.29. The van der Waals surface area contributed by atoms with Crippen LogP contribution in [0.5, 0.6) is 5.88 Å². The van der Waals surface area contributed by atoms with E-state index in [4.69, 9.17) is 4.74 Å². The molecular formula is C11H16N2O2. The summed E-state index contributed by atoms with van der Waals surface area (Å²) in [5, 5.41) is 9.79. The number of nitrogens with zero attached hydrogens (tertiary/aromatic N) is 2. The van der Waals surface area contributed by atoms with Crippen molar-refractivity contribution in [2.75, 3.05) is 7.11 Å². The van der Waals surface area contributed by atoms with Crippen LogP contribution >= 0.6 is 0 Å². The van der Waals surface area contributed by atoms with Gasteiger partial charge in [0.05, 0.1) is 18.9 Å². The molecule has 4 nitrogen and oxygen atoms in total. The van der Waals surface area contributed by atoms with E-state index in [-0.39, 0.29) is 0 Å². The third kappa shape index (κ3) is 3.67. The monoisotopic (exact) mass is 208 g/mol. The smallest absolute Gasteiger partial charge is 0.216 e. The Morgan fingerprint density at radius 2 is 2.40 bits per heavy atom. The fourth-order valence-corrected chi connectivity index (χ4v) is 1.25. The lowest BCUT2D eigenvalue weighted by molar-refractivity contribution is 0.159. The van der Waals surface area contributed by atoms with Crippen molar-refractivity contribution in [1.29, 1.82) is 0 Å². The number of aliphatic hydroxyl groups is 1. The van der Waals surface area contributed by atoms with Crippen LogP contribution in [0.15, 0.2) is 25.0 Å². The Balaban J connectivity index is 2.56. The van der Waals surface area contributed by atoms with Gasteiger partial charge in [-0.1, -0.05) is 6.08 Å². The van der Waals surface area contributed by atoms with Gasteiger partial charge in [0.2, 0.25) is 5.88 Å². The van der Waals surface area contributed by atoms with Crippen LogP contribution in [0.1, 0.15) is 31.1 Å². The molecule has 1 aromatic heterocycles. The minimum absolute atomic E-state index is 0.475. The Labute approximate surface area is 89.6 Å². The van der Waals surface area contributed by atoms with Gasteiger partial charge in [0, 0.05) is 6.07 Å². The molecule has 1 unspecified atom stereocenters. The summed E-state index contributed by atoms with van der Waals surface area (Å²) in [6.07, 6.45) is 5.16. The number of aliphatic hydroxyl groups excluding tert-OH is 1. The van der Waals surface area contributed by atoms with Crippen molar-refractivity contribution in [3.05, 3.63) is 30.7 Å². The lowest BCUT2D eigenvalue weighted by Gasteiger charge is -2.09. The standard InChI is InChI=1S/C11H16N2O2/c1-3-4-5-6-10(14)9-7-11(15-2)13-8-12-9/h3,7-8,10,14H,1,4-6H2,2H3. The molecular weight excluding hydrogens is 192 g/mol. The van der Waals surface area contributed by atoms with Gasteiger partial charge in [0.1, 0.15) is 6.33 Å². The second-order valence-electron chi connectivity index (χ2n) is 3.22. The first-order valence-electron chi connectivity index (χ1n) is 4.92. The second kappa shape index (κ2) is 6.14. The molecule has 0 radical (unpaired) electrons. The number of aromatic nitrogens is 2. The molecule has 0 spiro atoms. The van der Waals surface area contributed by atoms with E-state index in [9.17, 15) is 5.11 Å². The number of rotatable bonds is 6. The Morgan fingerprint density at radius 3 is 3.07 bits per heavy atom. The van der Waals surface area contributed by atoms with Crippen LogP contribution in [0.4, 0.5) is 0 Å². The molecule has 0 amide bonds. The maximum atomic E-state index is 9.79. The van der Waals surface area contributed by atoms with Crippen molar-refractivity contribution >= 4 is 0 Å². The highest BCUT2D eigenvalue weighted by Gasteiger charge is 2.09. The summed E-state index contributed by atoms with van der Waals surface area (Å²) in [4.78, 5) is 7.88. The zero-order chi connectivity index (χ0) is 11.1. The van der Waals surface area contributed by atoms with Crippen molar-refractivity contribution in [2.45, 2.75) is 25.4 Å². The number of methoxy groups -OCH3 is 1. The third-order valence-corrected chi connectivity index (χ3v) is 2.10. The Hall–Kier alpha value is -1.42. The zero-order valence-electron chi connectivity index (χ0n) is 8.89. The number of allylic oxidation sites excluding steroid dienone is 1. The zero-order valence-corrected chi connectivity index (χ0v) is 8.89. The molecule has 0 saturated heterocycles. The number of hydrogen-bond acceptors (Lipinski definition) is 4. The topological polar surface area (TPSA) is 55.2 Å². The minimum atomic E-state index is -0.554. The van der Waals surface area contributed by atoms with Crippen molar-refractivity contribution < 1.29 is 9.84 Å². The lowest BCUT2D eigenvalue weighted by Crippen LogP contribution is -2.01. The summed E-state index contributed by atoms with van der Waals surface area (Å²) in [6.45, 7) is 3.63. The van der Waals surface area contributed by atoms with Crippen LogP contribution in [0.25, 0.3) is 0 Å². The summed E-state index contributed by atoms with van der Waals surface area (Å²) in [5.41, 5.74) is 0.603. The molecule has 1 rings (SSSR count). The highest BCUT2D eigenvalue weighted by atomic mass is 16.5. The van der Waals surface area contributed by atoms with Gasteiger partial charge in [-0.3, -0.25) is 0 Å². The van der Waals surface area contributed by atoms with Gasteiger partial charge in [-0.05, 0) is 19.3 Å². The molecule has 0 saturated carbocycles. The molecule has 0 aliphatic carbocycles. The summed E-state index contributed by atoms with van der Waals surface area (Å²) >= 11 is 0. The molecule has 1 N–H and O–H groups in total. The van der Waals surface area contributed by atoms with Gasteiger partial charge in [0.15, 0.2) is 0 Å². The van der Waals surface area contributed by atoms with Crippen LogP contribution < -0.4 is 4.74 Å². The van der Waals surface area contributed by atoms with Gasteiger partial charge in [-0.25, -0.2) is 9.97 Å². The Bertz CT molecular complexity index is 315. The van der Waals surface area contributed by atoms with E-state index in [0.29, 0.717) is 18.0 Å². The molecule has 0 aromatic carbocycles. The molecule has 15 heavy (non-hydrogen) atoms. The highest BCUT2D eigenvalue weighted by Crippen LogP contribution is 2.19. The summed E-state index contributed by atoms with van der Waals surface area (Å²) in [6, 6.07) is 1.65. The largest absolute Gasteiger partial charge is 0.481 e. The molecule has 82 valence electrons. The van der Waals surface area contributed by atoms with Crippen LogP contribution in [-0.4, -0.2) is 22.2 Å². The van der Waals surface area contributed by atoms with Gasteiger partial charge < -0.3 is 9.84 Å². The van der Waals surface area contributed by atoms with Gasteiger partial charge in [0.25, 0.3) is 0 Å². The van der Waals surface area contributed by atoms with Gasteiger partial charge >= 0.3 is 0 Å². The van der Waals surface area contributed by atoms with E-state index in [1.165, 1.54) is 13.4 Å². The van der Waals surface area contributed by atoms with E-state index in [1.54, 1.807) is 6.07 Å². The van der Waals surface area contributed by atoms with Crippen molar-refractivity contribution in [1.82, 2.24) is 9.97 Å². The molecule has 4 heteroatoms. The quantitative estimate of drug-likeness (QED) is 0.572. The molecule has 0 aliphatic heterocycles. The molecule has 0 bridgehead atoms. The van der Waals surface area contributed by atoms with Crippen LogP contribution in [0.3, 0.4) is 0 Å². The minimum Gasteiger partial charge on any atom is -0.481 e. The van der Waals surface area contributed by atoms with Crippen molar-refractivity contribution in [3.8, 4) is 5.88 Å². The van der Waals surface area contributed by atoms with E-state index < -0.39 is 6.10 Å². The maximum absolute atomic E-state index is 9.79. The fraction of sp³-hybridized carbons (Fsp3) is 0.455. The SMILES string of the molecule is C=CCCCC(O)c1cc(OC)ncn1. The normalized spacial score (nSPS) is 12.1. The van der Waals surface area contributed by atoms with Gasteiger partial charge in [-0.15, -0.1) is 6.58 Å². The Morgan fingerprint density at radius 1 is 1.60 bits per heavy atom.